The van der Waals surface area contributed by atoms with Crippen molar-refractivity contribution in [1.29, 1.82) is 0 Å². The fourth-order valence-corrected chi connectivity index (χ4v) is 2.67. The maximum atomic E-state index is 3.45. The largest absolute Gasteiger partial charge is 4.00 e. The molecule has 1 unspecified atom stereocenters. The van der Waals surface area contributed by atoms with Crippen molar-refractivity contribution >= 4 is 0 Å². The van der Waals surface area contributed by atoms with Gasteiger partial charge in [0.2, 0.25) is 0 Å². The molecule has 0 bridgehead atoms. The van der Waals surface area contributed by atoms with Gasteiger partial charge in [0.25, 0.3) is 0 Å². The number of aromatic amines is 1. The van der Waals surface area contributed by atoms with Crippen LogP contribution in [0, 0.1) is 33.0 Å². The van der Waals surface area contributed by atoms with E-state index in [0.717, 1.165) is 5.92 Å². The van der Waals surface area contributed by atoms with Crippen molar-refractivity contribution in [2.24, 2.45) is 0 Å². The van der Waals surface area contributed by atoms with Crippen molar-refractivity contribution in [1.82, 2.24) is 4.98 Å². The minimum absolute atomic E-state index is 0. The molecule has 0 amide bonds. The quantitative estimate of drug-likeness (QED) is 0.503. The van der Waals surface area contributed by atoms with Crippen LogP contribution in [0.5, 0.6) is 0 Å². The van der Waals surface area contributed by atoms with Crippen molar-refractivity contribution in [3.8, 4) is 0 Å². The number of hydrogen-bond donors (Lipinski definition) is 1. The fraction of sp³-hybridized carbons (Fsp3) is 0.333. The summed E-state index contributed by atoms with van der Waals surface area (Å²) in [5.74, 6) is 0.756. The van der Waals surface area contributed by atoms with Gasteiger partial charge in [-0.15, -0.1) is 35.2 Å². The van der Waals surface area contributed by atoms with Crippen LogP contribution in [0.15, 0.2) is 29.8 Å². The second-order valence-electron chi connectivity index (χ2n) is 5.45. The minimum Gasteiger partial charge on any atom is -1.00 e. The van der Waals surface area contributed by atoms with Gasteiger partial charge in [0.05, 0.1) is 0 Å². The summed E-state index contributed by atoms with van der Waals surface area (Å²) in [4.78, 5) is 3.01. The zero-order chi connectivity index (χ0) is 13.4. The summed E-state index contributed by atoms with van der Waals surface area (Å²) in [6.07, 6.45) is 9.09. The van der Waals surface area contributed by atoms with E-state index in [4.69, 9.17) is 0 Å². The standard InChI is InChI=1S/C11H9.C7H10N.2ClH.Zr/c1-2-4-10-8(3-1)7-9-5-6-11(9)10;1-5-4-8-7(3)6(5)2;;;/h1-4,11H,5-6H2;8H,1-3H3;2*1H;/q2*-1;;;+4/p-2. The SMILES string of the molecule is Cc1[c-][nH]c(C)c1C.[C-]1=C2CCC2c2ccccc21.[Cl-].[Cl-].[Zr+4]. The van der Waals surface area contributed by atoms with Gasteiger partial charge < -0.3 is 29.8 Å². The predicted octanol–water partition coefficient (Wildman–Crippen LogP) is -1.60. The molecule has 4 heteroatoms. The maximum Gasteiger partial charge on any atom is 4.00 e. The summed E-state index contributed by atoms with van der Waals surface area (Å²) in [5.41, 5.74) is 8.15. The summed E-state index contributed by atoms with van der Waals surface area (Å²) in [5, 5.41) is 0. The number of H-pyrrole nitrogens is 1. The molecule has 0 radical (unpaired) electrons. The first kappa shape index (κ1) is 21.7. The van der Waals surface area contributed by atoms with Crippen LogP contribution in [0.3, 0.4) is 0 Å². The Morgan fingerprint density at radius 1 is 1.09 bits per heavy atom. The van der Waals surface area contributed by atoms with Crippen LogP contribution in [-0.2, 0) is 26.2 Å². The van der Waals surface area contributed by atoms with Gasteiger partial charge in [0.1, 0.15) is 0 Å². The van der Waals surface area contributed by atoms with E-state index in [2.05, 4.69) is 62.3 Å². The fourth-order valence-electron chi connectivity index (χ4n) is 2.67. The molecule has 0 saturated heterocycles. The second kappa shape index (κ2) is 9.11. The Morgan fingerprint density at radius 3 is 2.23 bits per heavy atom. The molecule has 22 heavy (non-hydrogen) atoms. The number of allylic oxidation sites excluding steroid dienone is 1. The van der Waals surface area contributed by atoms with Crippen LogP contribution in [0.1, 0.15) is 46.7 Å². The van der Waals surface area contributed by atoms with E-state index >= 15 is 0 Å². The normalized spacial score (nSPS) is 16.1. The molecule has 2 aliphatic rings. The van der Waals surface area contributed by atoms with Crippen molar-refractivity contribution < 1.29 is 51.0 Å². The van der Waals surface area contributed by atoms with Crippen molar-refractivity contribution in [2.45, 2.75) is 39.5 Å². The molecule has 1 fully saturated rings. The third kappa shape index (κ3) is 4.16. The molecule has 2 aromatic rings. The summed E-state index contributed by atoms with van der Waals surface area (Å²) >= 11 is 0. The van der Waals surface area contributed by atoms with E-state index in [1.165, 1.54) is 46.4 Å². The van der Waals surface area contributed by atoms with Crippen molar-refractivity contribution in [2.75, 3.05) is 0 Å². The second-order valence-corrected chi connectivity index (χ2v) is 5.45. The number of fused-ring (bicyclic) bond motifs is 3. The molecule has 1 nitrogen and oxygen atoms in total. The molecule has 4 rings (SSSR count). The number of halogens is 2. The molecule has 0 spiro atoms. The van der Waals surface area contributed by atoms with Crippen LogP contribution < -0.4 is 24.8 Å². The number of benzene rings is 1. The first-order valence-corrected chi connectivity index (χ1v) is 6.92. The summed E-state index contributed by atoms with van der Waals surface area (Å²) in [7, 11) is 0. The Hall–Kier alpha value is -0.297. The molecular weight excluding hydrogens is 392 g/mol. The molecule has 1 aromatic carbocycles. The molecule has 1 saturated carbocycles. The summed E-state index contributed by atoms with van der Waals surface area (Å²) < 4.78 is 0. The molecule has 1 heterocycles. The van der Waals surface area contributed by atoms with Gasteiger partial charge in [-0.3, -0.25) is 0 Å². The van der Waals surface area contributed by atoms with E-state index in [1.54, 1.807) is 0 Å². The van der Waals surface area contributed by atoms with Gasteiger partial charge in [-0.2, -0.15) is 28.8 Å². The Labute approximate surface area is 164 Å². The first-order chi connectivity index (χ1) is 9.16. The Morgan fingerprint density at radius 2 is 1.77 bits per heavy atom. The molecule has 1 atom stereocenters. The number of rotatable bonds is 0. The van der Waals surface area contributed by atoms with Crippen molar-refractivity contribution in [3.05, 3.63) is 70.1 Å². The Bertz CT molecular complexity index is 627. The van der Waals surface area contributed by atoms with E-state index in [1.807, 2.05) is 0 Å². The Balaban J connectivity index is 0.000000368. The topological polar surface area (TPSA) is 15.8 Å². The first-order valence-electron chi connectivity index (χ1n) is 6.92. The van der Waals surface area contributed by atoms with Crippen LogP contribution in [-0.4, -0.2) is 4.98 Å². The smallest absolute Gasteiger partial charge is 1.00 e. The molecule has 0 aliphatic heterocycles. The van der Waals surface area contributed by atoms with Crippen LogP contribution in [0.25, 0.3) is 0 Å². The van der Waals surface area contributed by atoms with E-state index in [9.17, 15) is 0 Å². The van der Waals surface area contributed by atoms with Crippen molar-refractivity contribution in [3.63, 3.8) is 0 Å². The predicted molar refractivity (Wildman–Crippen MR) is 78.1 cm³/mol. The average molecular weight is 411 g/mol. The monoisotopic (exact) mass is 409 g/mol. The zero-order valence-corrected chi connectivity index (χ0v) is 17.0. The minimum atomic E-state index is 0. The van der Waals surface area contributed by atoms with Gasteiger partial charge in [-0.1, -0.05) is 39.2 Å². The summed E-state index contributed by atoms with van der Waals surface area (Å²) in [6, 6.07) is 8.62. The van der Waals surface area contributed by atoms with Crippen LogP contribution in [0.4, 0.5) is 0 Å². The van der Waals surface area contributed by atoms with E-state index in [-0.39, 0.29) is 51.0 Å². The molecule has 2 aliphatic carbocycles. The van der Waals surface area contributed by atoms with Gasteiger partial charge >= 0.3 is 26.2 Å². The third-order valence-electron chi connectivity index (χ3n) is 4.32. The molecule has 1 aromatic heterocycles. The number of nitrogens with one attached hydrogen (secondary N) is 1. The van der Waals surface area contributed by atoms with E-state index < -0.39 is 0 Å². The Kier molecular flexibility index (Phi) is 8.99. The zero-order valence-electron chi connectivity index (χ0n) is 13.1. The van der Waals surface area contributed by atoms with Crippen LogP contribution in [0.2, 0.25) is 0 Å². The van der Waals surface area contributed by atoms with Gasteiger partial charge in [0, 0.05) is 0 Å². The third-order valence-corrected chi connectivity index (χ3v) is 4.32. The maximum absolute atomic E-state index is 3.45. The molecule has 1 N–H and O–H groups in total. The molecular formula is C18H19Cl2NZr. The van der Waals surface area contributed by atoms with Gasteiger partial charge in [0.15, 0.2) is 0 Å². The number of hydrogen-bond acceptors (Lipinski definition) is 0. The number of aryl methyl sites for hydroxylation is 2. The number of aromatic nitrogens is 1. The average Bonchev–Trinajstić information content (AvgIpc) is 2.82. The van der Waals surface area contributed by atoms with Gasteiger partial charge in [-0.25, -0.2) is 0 Å². The van der Waals surface area contributed by atoms with Gasteiger partial charge in [-0.05, 0) is 6.42 Å². The molecule has 114 valence electrons. The summed E-state index contributed by atoms with van der Waals surface area (Å²) in [6.45, 7) is 6.20. The van der Waals surface area contributed by atoms with E-state index in [0.29, 0.717) is 0 Å². The van der Waals surface area contributed by atoms with Crippen LogP contribution >= 0.6 is 0 Å².